The molecular formula is C10H10BrI. The van der Waals surface area contributed by atoms with Crippen LogP contribution in [0.15, 0.2) is 35.3 Å². The molecule has 1 unspecified atom stereocenters. The highest BCUT2D eigenvalue weighted by molar-refractivity contribution is 14.1. The van der Waals surface area contributed by atoms with Crippen molar-refractivity contribution in [3.05, 3.63) is 44.5 Å². The van der Waals surface area contributed by atoms with Gasteiger partial charge >= 0.3 is 0 Å². The van der Waals surface area contributed by atoms with Crippen LogP contribution in [0.2, 0.25) is 0 Å². The highest BCUT2D eigenvalue weighted by Gasteiger charge is 2.05. The van der Waals surface area contributed by atoms with E-state index in [1.54, 1.807) is 0 Å². The second-order valence-corrected chi connectivity index (χ2v) is 4.77. The van der Waals surface area contributed by atoms with Crippen LogP contribution in [0.25, 0.3) is 0 Å². The van der Waals surface area contributed by atoms with Crippen LogP contribution in [0.1, 0.15) is 18.4 Å². The molecule has 1 aromatic carbocycles. The first-order valence-electron chi connectivity index (χ1n) is 3.72. The molecule has 0 aliphatic carbocycles. The molecule has 0 fully saturated rings. The van der Waals surface area contributed by atoms with Crippen molar-refractivity contribution in [2.45, 2.75) is 12.8 Å². The molecule has 64 valence electrons. The average Bonchev–Trinajstić information content (AvgIpc) is 2.08. The van der Waals surface area contributed by atoms with Gasteiger partial charge in [-0.05, 0) is 52.3 Å². The monoisotopic (exact) mass is 336 g/mol. The van der Waals surface area contributed by atoms with E-state index in [0.717, 1.165) is 4.47 Å². The van der Waals surface area contributed by atoms with E-state index in [4.69, 9.17) is 0 Å². The fraction of sp³-hybridized carbons (Fsp3) is 0.200. The van der Waals surface area contributed by atoms with Gasteiger partial charge in [-0.2, -0.15) is 0 Å². The molecule has 12 heavy (non-hydrogen) atoms. The molecule has 0 aliphatic rings. The van der Waals surface area contributed by atoms with Crippen LogP contribution in [0.4, 0.5) is 0 Å². The van der Waals surface area contributed by atoms with Gasteiger partial charge in [0.2, 0.25) is 0 Å². The zero-order valence-corrected chi connectivity index (χ0v) is 10.6. The molecule has 0 saturated heterocycles. The maximum absolute atomic E-state index is 3.79. The van der Waals surface area contributed by atoms with E-state index in [9.17, 15) is 0 Å². The maximum atomic E-state index is 3.79. The summed E-state index contributed by atoms with van der Waals surface area (Å²) in [6.07, 6.45) is 1.96. The molecule has 0 amide bonds. The number of halogens is 2. The van der Waals surface area contributed by atoms with Crippen molar-refractivity contribution in [3.8, 4) is 0 Å². The third-order valence-corrected chi connectivity index (χ3v) is 3.28. The van der Waals surface area contributed by atoms with Crippen LogP contribution in [0.3, 0.4) is 0 Å². The molecule has 0 aliphatic heterocycles. The van der Waals surface area contributed by atoms with Crippen molar-refractivity contribution in [3.63, 3.8) is 0 Å². The Hall–Kier alpha value is 0.170. The molecule has 1 aromatic rings. The molecule has 1 atom stereocenters. The summed E-state index contributed by atoms with van der Waals surface area (Å²) in [6, 6.07) is 6.31. The first-order valence-corrected chi connectivity index (χ1v) is 5.60. The fourth-order valence-corrected chi connectivity index (χ4v) is 2.20. The summed E-state index contributed by atoms with van der Waals surface area (Å²) in [4.78, 5) is 0. The lowest BCUT2D eigenvalue weighted by Gasteiger charge is -2.09. The van der Waals surface area contributed by atoms with Crippen molar-refractivity contribution >= 4 is 38.5 Å². The summed E-state index contributed by atoms with van der Waals surface area (Å²) in [5.74, 6) is 0.425. The van der Waals surface area contributed by atoms with Crippen molar-refractivity contribution in [2.75, 3.05) is 0 Å². The van der Waals surface area contributed by atoms with Gasteiger partial charge in [0.1, 0.15) is 0 Å². The minimum absolute atomic E-state index is 0.425. The van der Waals surface area contributed by atoms with Gasteiger partial charge in [0, 0.05) is 8.04 Å². The smallest absolute Gasteiger partial charge is 0.0178 e. The zero-order valence-electron chi connectivity index (χ0n) is 6.85. The molecule has 0 bridgehead atoms. The Labute approximate surface area is 95.3 Å². The number of rotatable bonds is 2. The van der Waals surface area contributed by atoms with E-state index in [-0.39, 0.29) is 0 Å². The number of benzene rings is 1. The van der Waals surface area contributed by atoms with Crippen molar-refractivity contribution in [1.29, 1.82) is 0 Å². The SMILES string of the molecule is C=CC(C)c1cc(Br)ccc1I. The topological polar surface area (TPSA) is 0 Å². The Morgan fingerprint density at radius 1 is 1.58 bits per heavy atom. The summed E-state index contributed by atoms with van der Waals surface area (Å²) in [5.41, 5.74) is 1.33. The predicted octanol–water partition coefficient (Wildman–Crippen LogP) is 4.34. The largest absolute Gasteiger partial charge is 0.102 e. The van der Waals surface area contributed by atoms with Crippen molar-refractivity contribution < 1.29 is 0 Å². The average molecular weight is 337 g/mol. The minimum atomic E-state index is 0.425. The van der Waals surface area contributed by atoms with Gasteiger partial charge in [-0.3, -0.25) is 0 Å². The normalized spacial score (nSPS) is 12.6. The van der Waals surface area contributed by atoms with E-state index in [0.29, 0.717) is 5.92 Å². The predicted molar refractivity (Wildman–Crippen MR) is 65.5 cm³/mol. The van der Waals surface area contributed by atoms with Crippen molar-refractivity contribution in [2.24, 2.45) is 0 Å². The maximum Gasteiger partial charge on any atom is 0.0178 e. The minimum Gasteiger partial charge on any atom is -0.102 e. The molecule has 0 spiro atoms. The second-order valence-electron chi connectivity index (χ2n) is 2.69. The van der Waals surface area contributed by atoms with Gasteiger partial charge in [0.25, 0.3) is 0 Å². The highest BCUT2D eigenvalue weighted by atomic mass is 127. The molecule has 0 saturated carbocycles. The van der Waals surface area contributed by atoms with E-state index in [1.165, 1.54) is 9.13 Å². The van der Waals surface area contributed by atoms with E-state index >= 15 is 0 Å². The Bertz CT molecular complexity index is 294. The summed E-state index contributed by atoms with van der Waals surface area (Å²) < 4.78 is 2.43. The van der Waals surface area contributed by atoms with E-state index in [1.807, 2.05) is 6.08 Å². The lowest BCUT2D eigenvalue weighted by atomic mass is 10.0. The number of hydrogen-bond donors (Lipinski definition) is 0. The Balaban J connectivity index is 3.12. The molecule has 0 N–H and O–H groups in total. The van der Waals surface area contributed by atoms with Crippen LogP contribution in [0.5, 0.6) is 0 Å². The summed E-state index contributed by atoms with van der Waals surface area (Å²) in [7, 11) is 0. The van der Waals surface area contributed by atoms with Crippen LogP contribution >= 0.6 is 38.5 Å². The lowest BCUT2D eigenvalue weighted by Crippen LogP contribution is -1.92. The lowest BCUT2D eigenvalue weighted by molar-refractivity contribution is 0.961. The van der Waals surface area contributed by atoms with E-state index in [2.05, 4.69) is 70.2 Å². The summed E-state index contributed by atoms with van der Waals surface area (Å²) in [6.45, 7) is 5.94. The highest BCUT2D eigenvalue weighted by Crippen LogP contribution is 2.25. The molecule has 0 heterocycles. The molecule has 0 nitrogen and oxygen atoms in total. The fourth-order valence-electron chi connectivity index (χ4n) is 0.991. The third-order valence-electron chi connectivity index (χ3n) is 1.80. The first kappa shape index (κ1) is 10.3. The van der Waals surface area contributed by atoms with Crippen LogP contribution in [-0.4, -0.2) is 0 Å². The van der Waals surface area contributed by atoms with Crippen LogP contribution in [-0.2, 0) is 0 Å². The summed E-state index contributed by atoms with van der Waals surface area (Å²) in [5, 5.41) is 0. The Morgan fingerprint density at radius 3 is 2.83 bits per heavy atom. The molecule has 0 radical (unpaired) electrons. The van der Waals surface area contributed by atoms with Gasteiger partial charge in [-0.25, -0.2) is 0 Å². The molecule has 0 aromatic heterocycles. The van der Waals surface area contributed by atoms with Crippen molar-refractivity contribution in [1.82, 2.24) is 0 Å². The van der Waals surface area contributed by atoms with Crippen LogP contribution < -0.4 is 0 Å². The summed E-state index contributed by atoms with van der Waals surface area (Å²) >= 11 is 5.80. The van der Waals surface area contributed by atoms with E-state index < -0.39 is 0 Å². The zero-order chi connectivity index (χ0) is 9.14. The molecule has 1 rings (SSSR count). The van der Waals surface area contributed by atoms with Gasteiger partial charge in [-0.1, -0.05) is 28.9 Å². The quantitative estimate of drug-likeness (QED) is 0.556. The molecule has 2 heteroatoms. The number of allylic oxidation sites excluding steroid dienone is 1. The number of hydrogen-bond acceptors (Lipinski definition) is 0. The van der Waals surface area contributed by atoms with Gasteiger partial charge in [0.05, 0.1) is 0 Å². The van der Waals surface area contributed by atoms with Crippen LogP contribution in [0, 0.1) is 3.57 Å². The first-order chi connectivity index (χ1) is 5.65. The van der Waals surface area contributed by atoms with Gasteiger partial charge in [-0.15, -0.1) is 6.58 Å². The Kier molecular flexibility index (Phi) is 3.77. The Morgan fingerprint density at radius 2 is 2.25 bits per heavy atom. The second kappa shape index (κ2) is 4.42. The van der Waals surface area contributed by atoms with Gasteiger partial charge < -0.3 is 0 Å². The third kappa shape index (κ3) is 2.33. The molecular weight excluding hydrogens is 327 g/mol. The standard InChI is InChI=1S/C10H10BrI/c1-3-7(2)9-6-8(11)4-5-10(9)12/h3-7H,1H2,2H3. The van der Waals surface area contributed by atoms with Gasteiger partial charge in [0.15, 0.2) is 0 Å².